The maximum Gasteiger partial charge on any atom is 0.325 e. The molecule has 2 amide bonds. The minimum atomic E-state index is -0.360. The molecule has 1 aliphatic rings. The van der Waals surface area contributed by atoms with Crippen LogP contribution >= 0.6 is 27.7 Å². The molecule has 6 nitrogen and oxygen atoms in total. The normalized spacial score (nSPS) is 16.0. The Morgan fingerprint density at radius 3 is 2.81 bits per heavy atom. The smallest absolute Gasteiger partial charge is 0.325 e. The van der Waals surface area contributed by atoms with Crippen molar-refractivity contribution in [2.75, 3.05) is 13.7 Å². The second-order valence-electron chi connectivity index (χ2n) is 6.14. The predicted octanol–water partition coefficient (Wildman–Crippen LogP) is 4.41. The van der Waals surface area contributed by atoms with Crippen LogP contribution in [0.25, 0.3) is 17.0 Å². The van der Waals surface area contributed by atoms with E-state index in [1.165, 1.54) is 12.0 Å². The molecular weight excluding hydrogens is 432 g/mol. The Bertz CT molecular complexity index is 951. The molecule has 8 heteroatoms. The van der Waals surface area contributed by atoms with Gasteiger partial charge in [-0.1, -0.05) is 29.3 Å². The zero-order valence-electron chi connectivity index (χ0n) is 15.0. The number of imide groups is 1. The lowest BCUT2D eigenvalue weighted by molar-refractivity contribution is -0.141. The minimum Gasteiger partial charge on any atom is -0.468 e. The molecule has 142 valence electrons. The first-order valence-electron chi connectivity index (χ1n) is 8.55. The Hall–Kier alpha value is -2.06. The Labute approximate surface area is 169 Å². The number of amides is 2. The van der Waals surface area contributed by atoms with Gasteiger partial charge in [0, 0.05) is 33.7 Å². The van der Waals surface area contributed by atoms with Crippen molar-refractivity contribution in [3.8, 4) is 0 Å². The summed E-state index contributed by atoms with van der Waals surface area (Å²) in [6.07, 6.45) is 5.22. The van der Waals surface area contributed by atoms with Crippen molar-refractivity contribution in [2.24, 2.45) is 0 Å². The van der Waals surface area contributed by atoms with Crippen molar-refractivity contribution in [2.45, 2.75) is 26.3 Å². The molecule has 1 aromatic heterocycles. The van der Waals surface area contributed by atoms with Gasteiger partial charge in [0.2, 0.25) is 0 Å². The molecule has 1 fully saturated rings. The fourth-order valence-electron chi connectivity index (χ4n) is 2.90. The van der Waals surface area contributed by atoms with E-state index in [0.717, 1.165) is 45.5 Å². The quantitative estimate of drug-likeness (QED) is 0.481. The van der Waals surface area contributed by atoms with Crippen molar-refractivity contribution in [1.29, 1.82) is 0 Å². The number of thioether (sulfide) groups is 1. The number of nitrogens with zero attached hydrogens (tertiary/aromatic N) is 2. The van der Waals surface area contributed by atoms with Crippen molar-refractivity contribution in [3.05, 3.63) is 39.3 Å². The molecule has 0 spiro atoms. The number of methoxy groups -OCH3 is 1. The van der Waals surface area contributed by atoms with Crippen LogP contribution in [-0.4, -0.2) is 40.2 Å². The van der Waals surface area contributed by atoms with Gasteiger partial charge in [-0.2, -0.15) is 0 Å². The SMILES string of the molecule is CCCCN1C(=O)S/C(=C\c2cn(CC(=O)OC)c3ccc(Br)cc23)C1=O. The van der Waals surface area contributed by atoms with Crippen LogP contribution in [-0.2, 0) is 20.9 Å². The van der Waals surface area contributed by atoms with Gasteiger partial charge in [-0.25, -0.2) is 0 Å². The van der Waals surface area contributed by atoms with Crippen LogP contribution in [0.1, 0.15) is 25.3 Å². The van der Waals surface area contributed by atoms with E-state index in [0.29, 0.717) is 11.4 Å². The van der Waals surface area contributed by atoms with E-state index < -0.39 is 0 Å². The van der Waals surface area contributed by atoms with Crippen molar-refractivity contribution in [1.82, 2.24) is 9.47 Å². The lowest BCUT2D eigenvalue weighted by atomic mass is 10.1. The Morgan fingerprint density at radius 1 is 1.33 bits per heavy atom. The van der Waals surface area contributed by atoms with Crippen LogP contribution in [0.4, 0.5) is 4.79 Å². The standard InChI is InChI=1S/C19H19BrN2O4S/c1-3-4-7-22-18(24)16(27-19(22)25)8-12-10-21(11-17(23)26-2)15-6-5-13(20)9-14(12)15/h5-6,8-10H,3-4,7,11H2,1-2H3/b16-8-. The lowest BCUT2D eigenvalue weighted by Gasteiger charge is -2.10. The summed E-state index contributed by atoms with van der Waals surface area (Å²) in [5, 5.41) is 0.646. The maximum absolute atomic E-state index is 12.6. The molecule has 0 atom stereocenters. The zero-order chi connectivity index (χ0) is 19.6. The summed E-state index contributed by atoms with van der Waals surface area (Å²) in [7, 11) is 1.35. The molecule has 3 rings (SSSR count). The highest BCUT2D eigenvalue weighted by atomic mass is 79.9. The molecule has 1 aliphatic heterocycles. The number of hydrogen-bond acceptors (Lipinski definition) is 5. The number of fused-ring (bicyclic) bond motifs is 1. The number of aromatic nitrogens is 1. The minimum absolute atomic E-state index is 0.0699. The number of unbranched alkanes of at least 4 members (excludes halogenated alkanes) is 1. The van der Waals surface area contributed by atoms with Crippen LogP contribution in [0.15, 0.2) is 33.8 Å². The third-order valence-corrected chi connectivity index (χ3v) is 5.70. The summed E-state index contributed by atoms with van der Waals surface area (Å²) >= 11 is 4.41. The number of halogens is 1. The molecule has 1 aromatic carbocycles. The monoisotopic (exact) mass is 450 g/mol. The Morgan fingerprint density at radius 2 is 2.11 bits per heavy atom. The Kier molecular flexibility index (Phi) is 6.06. The van der Waals surface area contributed by atoms with E-state index in [1.807, 2.05) is 25.1 Å². The average Bonchev–Trinajstić information content (AvgIpc) is 3.10. The summed E-state index contributed by atoms with van der Waals surface area (Å²) in [6, 6.07) is 5.71. The zero-order valence-corrected chi connectivity index (χ0v) is 17.4. The van der Waals surface area contributed by atoms with Gasteiger partial charge in [0.1, 0.15) is 6.54 Å². The van der Waals surface area contributed by atoms with E-state index in [1.54, 1.807) is 16.8 Å². The van der Waals surface area contributed by atoms with E-state index >= 15 is 0 Å². The van der Waals surface area contributed by atoms with Crippen LogP contribution in [0.3, 0.4) is 0 Å². The van der Waals surface area contributed by atoms with E-state index in [2.05, 4.69) is 15.9 Å². The van der Waals surface area contributed by atoms with E-state index in [9.17, 15) is 14.4 Å². The van der Waals surface area contributed by atoms with Crippen molar-refractivity contribution < 1.29 is 19.1 Å². The second-order valence-corrected chi connectivity index (χ2v) is 8.05. The molecule has 0 unspecified atom stereocenters. The van der Waals surface area contributed by atoms with Gasteiger partial charge in [0.25, 0.3) is 11.1 Å². The highest BCUT2D eigenvalue weighted by Gasteiger charge is 2.34. The van der Waals surface area contributed by atoms with Crippen LogP contribution in [0.5, 0.6) is 0 Å². The summed E-state index contributed by atoms with van der Waals surface area (Å²) in [5.74, 6) is -0.622. The topological polar surface area (TPSA) is 68.6 Å². The van der Waals surface area contributed by atoms with Gasteiger partial charge >= 0.3 is 5.97 Å². The predicted molar refractivity (Wildman–Crippen MR) is 109 cm³/mol. The van der Waals surface area contributed by atoms with Crippen LogP contribution in [0, 0.1) is 0 Å². The second kappa shape index (κ2) is 8.31. The summed E-state index contributed by atoms with van der Waals surface area (Å²) in [5.41, 5.74) is 1.62. The molecule has 27 heavy (non-hydrogen) atoms. The molecular formula is C19H19BrN2O4S. The highest BCUT2D eigenvalue weighted by Crippen LogP contribution is 2.35. The largest absolute Gasteiger partial charge is 0.468 e. The fourth-order valence-corrected chi connectivity index (χ4v) is 4.11. The third-order valence-electron chi connectivity index (χ3n) is 4.30. The number of esters is 1. The molecule has 2 heterocycles. The number of carbonyl (C=O) groups excluding carboxylic acids is 3. The third kappa shape index (κ3) is 4.11. The van der Waals surface area contributed by atoms with Crippen molar-refractivity contribution in [3.63, 3.8) is 0 Å². The van der Waals surface area contributed by atoms with Gasteiger partial charge in [-0.3, -0.25) is 19.3 Å². The number of ether oxygens (including phenoxy) is 1. The first-order valence-corrected chi connectivity index (χ1v) is 10.2. The van der Waals surface area contributed by atoms with Gasteiger partial charge in [-0.15, -0.1) is 0 Å². The summed E-state index contributed by atoms with van der Waals surface area (Å²) in [4.78, 5) is 38.1. The molecule has 0 aliphatic carbocycles. The highest BCUT2D eigenvalue weighted by molar-refractivity contribution is 9.10. The lowest BCUT2D eigenvalue weighted by Crippen LogP contribution is -2.29. The average molecular weight is 451 g/mol. The number of carbonyl (C=O) groups is 3. The van der Waals surface area contributed by atoms with Crippen LogP contribution in [0.2, 0.25) is 0 Å². The number of rotatable bonds is 6. The molecule has 0 radical (unpaired) electrons. The van der Waals surface area contributed by atoms with Crippen molar-refractivity contribution >= 4 is 61.8 Å². The van der Waals surface area contributed by atoms with Gasteiger partial charge in [-0.05, 0) is 42.5 Å². The summed E-state index contributed by atoms with van der Waals surface area (Å²) in [6.45, 7) is 2.53. The van der Waals surface area contributed by atoms with Crippen LogP contribution < -0.4 is 0 Å². The van der Waals surface area contributed by atoms with Gasteiger partial charge in [0.15, 0.2) is 0 Å². The van der Waals surface area contributed by atoms with Gasteiger partial charge < -0.3 is 9.30 Å². The number of hydrogen-bond donors (Lipinski definition) is 0. The molecule has 2 aromatic rings. The van der Waals surface area contributed by atoms with E-state index in [-0.39, 0.29) is 23.7 Å². The van der Waals surface area contributed by atoms with E-state index in [4.69, 9.17) is 4.74 Å². The maximum atomic E-state index is 12.6. The molecule has 0 bridgehead atoms. The molecule has 0 saturated carbocycles. The number of benzene rings is 1. The fraction of sp³-hybridized carbons (Fsp3) is 0.316. The first kappa shape index (κ1) is 19.7. The molecule has 1 saturated heterocycles. The summed E-state index contributed by atoms with van der Waals surface area (Å²) < 4.78 is 7.42. The first-order chi connectivity index (χ1) is 12.9. The van der Waals surface area contributed by atoms with Gasteiger partial charge in [0.05, 0.1) is 12.0 Å². The molecule has 0 N–H and O–H groups in total. The Balaban J connectivity index is 2.00.